The van der Waals surface area contributed by atoms with E-state index in [1.165, 1.54) is 0 Å². The SMILES string of the molecule is Cc1c(COC(=O)CCN2C(=O)COc3ccccc32)oc2ccccc12. The molecule has 0 spiro atoms. The first-order valence-corrected chi connectivity index (χ1v) is 8.78. The Balaban J connectivity index is 1.37. The Kier molecular flexibility index (Phi) is 4.54. The van der Waals surface area contributed by atoms with Crippen LogP contribution < -0.4 is 9.64 Å². The number of nitrogens with zero attached hydrogens (tertiary/aromatic N) is 1. The molecule has 0 aliphatic carbocycles. The molecule has 0 bridgehead atoms. The van der Waals surface area contributed by atoms with Gasteiger partial charge in [0.2, 0.25) is 0 Å². The molecular formula is C21H19NO5. The van der Waals surface area contributed by atoms with Gasteiger partial charge in [-0.3, -0.25) is 9.59 Å². The number of carbonyl (C=O) groups excluding carboxylic acids is 2. The number of rotatable bonds is 5. The summed E-state index contributed by atoms with van der Waals surface area (Å²) in [6.45, 7) is 2.24. The maximum absolute atomic E-state index is 12.2. The average Bonchev–Trinajstić information content (AvgIpc) is 3.01. The van der Waals surface area contributed by atoms with E-state index in [0.29, 0.717) is 17.2 Å². The van der Waals surface area contributed by atoms with Crippen molar-refractivity contribution in [1.82, 2.24) is 0 Å². The van der Waals surface area contributed by atoms with Crippen molar-refractivity contribution in [2.75, 3.05) is 18.1 Å². The second-order valence-electron chi connectivity index (χ2n) is 6.36. The molecule has 6 nitrogen and oxygen atoms in total. The number of amides is 1. The molecule has 0 saturated heterocycles. The Morgan fingerprint density at radius 3 is 2.78 bits per heavy atom. The van der Waals surface area contributed by atoms with Gasteiger partial charge >= 0.3 is 5.97 Å². The van der Waals surface area contributed by atoms with Gasteiger partial charge in [0.05, 0.1) is 12.1 Å². The minimum atomic E-state index is -0.383. The first-order valence-electron chi connectivity index (χ1n) is 8.78. The first-order chi connectivity index (χ1) is 13.1. The van der Waals surface area contributed by atoms with Crippen molar-refractivity contribution < 1.29 is 23.5 Å². The van der Waals surface area contributed by atoms with Gasteiger partial charge in [0.15, 0.2) is 6.61 Å². The topological polar surface area (TPSA) is 69.0 Å². The van der Waals surface area contributed by atoms with Crippen LogP contribution in [0.4, 0.5) is 5.69 Å². The number of furan rings is 1. The molecule has 0 unspecified atom stereocenters. The lowest BCUT2D eigenvalue weighted by Crippen LogP contribution is -2.40. The first kappa shape index (κ1) is 17.1. The van der Waals surface area contributed by atoms with Crippen LogP contribution in [0.2, 0.25) is 0 Å². The third-order valence-corrected chi connectivity index (χ3v) is 4.65. The molecule has 1 amide bonds. The second-order valence-corrected chi connectivity index (χ2v) is 6.36. The van der Waals surface area contributed by atoms with Gasteiger partial charge in [-0.05, 0) is 25.1 Å². The summed E-state index contributed by atoms with van der Waals surface area (Å²) in [5, 5.41) is 1.01. The third-order valence-electron chi connectivity index (χ3n) is 4.65. The molecule has 0 N–H and O–H groups in total. The summed E-state index contributed by atoms with van der Waals surface area (Å²) in [5.74, 6) is 0.724. The highest BCUT2D eigenvalue weighted by atomic mass is 16.5. The zero-order valence-electron chi connectivity index (χ0n) is 14.9. The molecule has 0 atom stereocenters. The Morgan fingerprint density at radius 2 is 1.93 bits per heavy atom. The van der Waals surface area contributed by atoms with E-state index in [2.05, 4.69) is 0 Å². The van der Waals surface area contributed by atoms with E-state index in [1.54, 1.807) is 17.0 Å². The van der Waals surface area contributed by atoms with Gasteiger partial charge in [-0.15, -0.1) is 0 Å². The van der Waals surface area contributed by atoms with Crippen molar-refractivity contribution in [2.24, 2.45) is 0 Å². The van der Waals surface area contributed by atoms with Gasteiger partial charge in [-0.1, -0.05) is 30.3 Å². The van der Waals surface area contributed by atoms with E-state index in [1.807, 2.05) is 43.3 Å². The van der Waals surface area contributed by atoms with Gasteiger partial charge in [-0.2, -0.15) is 0 Å². The number of hydrogen-bond donors (Lipinski definition) is 0. The summed E-state index contributed by atoms with van der Waals surface area (Å²) in [5.41, 5.74) is 2.42. The molecule has 138 valence electrons. The molecule has 1 aliphatic heterocycles. The molecule has 6 heteroatoms. The third kappa shape index (κ3) is 3.38. The van der Waals surface area contributed by atoms with Crippen LogP contribution in [0.1, 0.15) is 17.7 Å². The van der Waals surface area contributed by atoms with Gasteiger partial charge in [0.25, 0.3) is 5.91 Å². The molecule has 2 aromatic carbocycles. The summed E-state index contributed by atoms with van der Waals surface area (Å²) >= 11 is 0. The fraction of sp³-hybridized carbons (Fsp3) is 0.238. The Hall–Kier alpha value is -3.28. The van der Waals surface area contributed by atoms with Crippen LogP contribution in [0, 0.1) is 6.92 Å². The van der Waals surface area contributed by atoms with E-state index in [4.69, 9.17) is 13.9 Å². The summed E-state index contributed by atoms with van der Waals surface area (Å²) in [4.78, 5) is 25.9. The number of aryl methyl sites for hydroxylation is 1. The average molecular weight is 365 g/mol. The molecule has 0 saturated carbocycles. The number of benzene rings is 2. The van der Waals surface area contributed by atoms with Crippen molar-refractivity contribution in [3.8, 4) is 5.75 Å². The lowest BCUT2D eigenvalue weighted by molar-refractivity contribution is -0.145. The van der Waals surface area contributed by atoms with Crippen molar-refractivity contribution in [1.29, 1.82) is 0 Å². The standard InChI is InChI=1S/C21H19NO5/c1-14-15-6-2-4-8-17(15)27-19(14)12-26-21(24)10-11-22-16-7-3-5-9-18(16)25-13-20(22)23/h2-9H,10-13H2,1H3. The van der Waals surface area contributed by atoms with E-state index in [0.717, 1.165) is 16.5 Å². The summed E-state index contributed by atoms with van der Waals surface area (Å²) in [6, 6.07) is 15.0. The predicted octanol–water partition coefficient (Wildman–Crippen LogP) is 3.60. The van der Waals surface area contributed by atoms with Crippen LogP contribution in [0.5, 0.6) is 5.75 Å². The van der Waals surface area contributed by atoms with E-state index < -0.39 is 0 Å². The molecule has 27 heavy (non-hydrogen) atoms. The van der Waals surface area contributed by atoms with Crippen molar-refractivity contribution in [3.63, 3.8) is 0 Å². The fourth-order valence-corrected chi connectivity index (χ4v) is 3.18. The number of para-hydroxylation sites is 3. The molecule has 1 aliphatic rings. The highest BCUT2D eigenvalue weighted by molar-refractivity contribution is 5.98. The lowest BCUT2D eigenvalue weighted by atomic mass is 10.1. The van der Waals surface area contributed by atoms with Crippen LogP contribution in [0.25, 0.3) is 11.0 Å². The molecule has 4 rings (SSSR count). The Labute approximate surface area is 156 Å². The van der Waals surface area contributed by atoms with Crippen molar-refractivity contribution >= 4 is 28.5 Å². The Bertz CT molecular complexity index is 1010. The zero-order chi connectivity index (χ0) is 18.8. The smallest absolute Gasteiger partial charge is 0.308 e. The lowest BCUT2D eigenvalue weighted by Gasteiger charge is -2.28. The van der Waals surface area contributed by atoms with Gasteiger partial charge in [0.1, 0.15) is 23.7 Å². The monoisotopic (exact) mass is 365 g/mol. The summed E-state index contributed by atoms with van der Waals surface area (Å²) < 4.78 is 16.5. The van der Waals surface area contributed by atoms with E-state index >= 15 is 0 Å². The van der Waals surface area contributed by atoms with Crippen LogP contribution in [0.3, 0.4) is 0 Å². The summed E-state index contributed by atoms with van der Waals surface area (Å²) in [6.07, 6.45) is 0.0966. The highest BCUT2D eigenvalue weighted by Crippen LogP contribution is 2.31. The van der Waals surface area contributed by atoms with Crippen molar-refractivity contribution in [3.05, 3.63) is 59.9 Å². The fourth-order valence-electron chi connectivity index (χ4n) is 3.18. The normalized spacial score (nSPS) is 13.4. The zero-order valence-corrected chi connectivity index (χ0v) is 14.9. The number of fused-ring (bicyclic) bond motifs is 2. The van der Waals surface area contributed by atoms with E-state index in [-0.39, 0.29) is 38.1 Å². The number of carbonyl (C=O) groups is 2. The van der Waals surface area contributed by atoms with Crippen molar-refractivity contribution in [2.45, 2.75) is 20.0 Å². The Morgan fingerprint density at radius 1 is 1.15 bits per heavy atom. The quantitative estimate of drug-likeness (QED) is 0.646. The van der Waals surface area contributed by atoms with Gasteiger partial charge < -0.3 is 18.8 Å². The van der Waals surface area contributed by atoms with Crippen LogP contribution >= 0.6 is 0 Å². The molecule has 0 radical (unpaired) electrons. The van der Waals surface area contributed by atoms with Gasteiger partial charge in [0, 0.05) is 17.5 Å². The molecule has 0 fully saturated rings. The number of ether oxygens (including phenoxy) is 2. The molecule has 1 aromatic heterocycles. The van der Waals surface area contributed by atoms with E-state index in [9.17, 15) is 9.59 Å². The second kappa shape index (κ2) is 7.15. The maximum Gasteiger partial charge on any atom is 0.308 e. The number of hydrogen-bond acceptors (Lipinski definition) is 5. The van der Waals surface area contributed by atoms with Gasteiger partial charge in [-0.25, -0.2) is 0 Å². The molecular weight excluding hydrogens is 346 g/mol. The van der Waals surface area contributed by atoms with Crippen LogP contribution in [-0.4, -0.2) is 25.0 Å². The van der Waals surface area contributed by atoms with Crippen LogP contribution in [-0.2, 0) is 20.9 Å². The minimum absolute atomic E-state index is 0.0236. The summed E-state index contributed by atoms with van der Waals surface area (Å²) in [7, 11) is 0. The maximum atomic E-state index is 12.2. The van der Waals surface area contributed by atoms with Crippen LogP contribution in [0.15, 0.2) is 52.9 Å². The molecule has 3 aromatic rings. The number of esters is 1. The predicted molar refractivity (Wildman–Crippen MR) is 99.7 cm³/mol. The minimum Gasteiger partial charge on any atom is -0.482 e. The molecule has 2 heterocycles. The number of anilines is 1. The largest absolute Gasteiger partial charge is 0.482 e. The highest BCUT2D eigenvalue weighted by Gasteiger charge is 2.25.